The van der Waals surface area contributed by atoms with E-state index in [0.717, 1.165) is 0 Å². The number of hydrogen-bond donors (Lipinski definition) is 3. The van der Waals surface area contributed by atoms with E-state index in [1.54, 1.807) is 0 Å². The van der Waals surface area contributed by atoms with E-state index in [9.17, 15) is 14.0 Å². The van der Waals surface area contributed by atoms with Gasteiger partial charge < -0.3 is 15.4 Å². The summed E-state index contributed by atoms with van der Waals surface area (Å²) in [7, 11) is 0. The van der Waals surface area contributed by atoms with Crippen LogP contribution in [-0.2, 0) is 4.79 Å². The lowest BCUT2D eigenvalue weighted by Crippen LogP contribution is -2.33. The summed E-state index contributed by atoms with van der Waals surface area (Å²) in [5, 5.41) is 12.1. The number of carbonyl (C=O) groups excluding carboxylic acids is 1. The molecule has 0 spiro atoms. The first-order valence-electron chi connectivity index (χ1n) is 6.91. The molecule has 22 heavy (non-hydrogen) atoms. The fraction of sp³-hybridized carbons (Fsp3) is 0.333. The van der Waals surface area contributed by atoms with Gasteiger partial charge >= 0.3 is 5.97 Å². The lowest BCUT2D eigenvalue weighted by atomic mass is 10.0. The molecule has 3 N–H and O–H groups in total. The number of hydrogen-bond acceptors (Lipinski definition) is 2. The maximum Gasteiger partial charge on any atom is 0.308 e. The molecular weight excluding hydrogens is 311 g/mol. The van der Waals surface area contributed by atoms with Gasteiger partial charge in [-0.3, -0.25) is 9.59 Å². The molecule has 0 saturated heterocycles. The fourth-order valence-electron chi connectivity index (χ4n) is 2.25. The molecule has 2 rings (SSSR count). The Bertz CT molecular complexity index is 714. The average molecular weight is 327 g/mol. The molecule has 7 heteroatoms. The molecule has 0 saturated carbocycles. The van der Waals surface area contributed by atoms with E-state index in [1.165, 1.54) is 18.2 Å². The van der Waals surface area contributed by atoms with E-state index < -0.39 is 23.6 Å². The van der Waals surface area contributed by atoms with Gasteiger partial charge in [0.2, 0.25) is 0 Å². The predicted molar refractivity (Wildman–Crippen MR) is 81.6 cm³/mol. The Labute approximate surface area is 131 Å². The standard InChI is InChI=1S/C15H16ClFN2O3/c1-2-3-8(15(21)22)7-18-14(20)13-12(16)10-6-9(17)4-5-11(10)19-13/h4-6,8,19H,2-3,7H2,1H3,(H,18,20)(H,21,22). The molecule has 0 radical (unpaired) electrons. The van der Waals surface area contributed by atoms with Gasteiger partial charge in [0.05, 0.1) is 10.9 Å². The molecule has 1 aromatic heterocycles. The molecule has 1 atom stereocenters. The summed E-state index contributed by atoms with van der Waals surface area (Å²) in [6, 6.07) is 3.99. The highest BCUT2D eigenvalue weighted by molar-refractivity contribution is 6.38. The molecule has 1 amide bonds. The molecule has 0 aliphatic rings. The fourth-order valence-corrected chi connectivity index (χ4v) is 2.54. The molecule has 1 aromatic carbocycles. The van der Waals surface area contributed by atoms with Gasteiger partial charge in [0, 0.05) is 17.4 Å². The molecule has 0 aliphatic carbocycles. The minimum absolute atomic E-state index is 0.0159. The zero-order chi connectivity index (χ0) is 16.3. The number of H-pyrrole nitrogens is 1. The highest BCUT2D eigenvalue weighted by Gasteiger charge is 2.20. The molecule has 1 heterocycles. The van der Waals surface area contributed by atoms with E-state index in [1.807, 2.05) is 6.92 Å². The number of aliphatic carboxylic acids is 1. The number of halogens is 2. The van der Waals surface area contributed by atoms with Gasteiger partial charge in [0.25, 0.3) is 5.91 Å². The molecule has 0 bridgehead atoms. The van der Waals surface area contributed by atoms with Crippen LogP contribution in [0.25, 0.3) is 10.9 Å². The number of fused-ring (bicyclic) bond motifs is 1. The van der Waals surface area contributed by atoms with E-state index >= 15 is 0 Å². The SMILES string of the molecule is CCCC(CNC(=O)c1[nH]c2ccc(F)cc2c1Cl)C(=O)O. The second-order valence-electron chi connectivity index (χ2n) is 5.04. The van der Waals surface area contributed by atoms with Crippen molar-refractivity contribution >= 4 is 34.4 Å². The zero-order valence-electron chi connectivity index (χ0n) is 12.0. The predicted octanol–water partition coefficient (Wildman–Crippen LogP) is 3.19. The Balaban J connectivity index is 2.16. The van der Waals surface area contributed by atoms with Crippen molar-refractivity contribution in [3.63, 3.8) is 0 Å². The normalized spacial score (nSPS) is 12.3. The quantitative estimate of drug-likeness (QED) is 0.762. The van der Waals surface area contributed by atoms with Crippen LogP contribution in [0.15, 0.2) is 18.2 Å². The van der Waals surface area contributed by atoms with Gasteiger partial charge in [0.15, 0.2) is 0 Å². The first-order chi connectivity index (χ1) is 10.4. The second kappa shape index (κ2) is 6.79. The summed E-state index contributed by atoms with van der Waals surface area (Å²) in [6.45, 7) is 1.89. The number of benzene rings is 1. The summed E-state index contributed by atoms with van der Waals surface area (Å²) >= 11 is 6.09. The molecule has 2 aromatic rings. The average Bonchev–Trinajstić information content (AvgIpc) is 2.80. The van der Waals surface area contributed by atoms with Gasteiger partial charge in [-0.1, -0.05) is 24.9 Å². The van der Waals surface area contributed by atoms with Crippen LogP contribution in [0, 0.1) is 11.7 Å². The monoisotopic (exact) mass is 326 g/mol. The van der Waals surface area contributed by atoms with Crippen molar-refractivity contribution in [2.45, 2.75) is 19.8 Å². The van der Waals surface area contributed by atoms with Crippen molar-refractivity contribution in [1.82, 2.24) is 10.3 Å². The van der Waals surface area contributed by atoms with Crippen molar-refractivity contribution < 1.29 is 19.1 Å². The number of carboxylic acids is 1. The van der Waals surface area contributed by atoms with Crippen LogP contribution >= 0.6 is 11.6 Å². The maximum absolute atomic E-state index is 13.2. The van der Waals surface area contributed by atoms with E-state index in [2.05, 4.69) is 10.3 Å². The van der Waals surface area contributed by atoms with Gasteiger partial charge in [-0.25, -0.2) is 4.39 Å². The molecule has 5 nitrogen and oxygen atoms in total. The Hall–Kier alpha value is -2.08. The van der Waals surface area contributed by atoms with Crippen molar-refractivity contribution in [2.75, 3.05) is 6.54 Å². The highest BCUT2D eigenvalue weighted by atomic mass is 35.5. The Kier molecular flexibility index (Phi) is 5.03. The lowest BCUT2D eigenvalue weighted by Gasteiger charge is -2.11. The van der Waals surface area contributed by atoms with Crippen LogP contribution < -0.4 is 5.32 Å². The van der Waals surface area contributed by atoms with Crippen LogP contribution in [0.1, 0.15) is 30.3 Å². The molecule has 0 fully saturated rings. The number of aromatic amines is 1. The third kappa shape index (κ3) is 3.39. The molecule has 1 unspecified atom stereocenters. The Morgan fingerprint density at radius 2 is 2.18 bits per heavy atom. The molecule has 118 valence electrons. The number of amides is 1. The van der Waals surface area contributed by atoms with Crippen LogP contribution in [0.5, 0.6) is 0 Å². The second-order valence-corrected chi connectivity index (χ2v) is 5.42. The number of nitrogens with one attached hydrogen (secondary N) is 2. The number of carbonyl (C=O) groups is 2. The maximum atomic E-state index is 13.2. The largest absolute Gasteiger partial charge is 0.481 e. The lowest BCUT2D eigenvalue weighted by molar-refractivity contribution is -0.141. The van der Waals surface area contributed by atoms with Crippen molar-refractivity contribution in [2.24, 2.45) is 5.92 Å². The summed E-state index contributed by atoms with van der Waals surface area (Å²) < 4.78 is 13.2. The smallest absolute Gasteiger partial charge is 0.308 e. The van der Waals surface area contributed by atoms with Crippen LogP contribution in [-0.4, -0.2) is 28.5 Å². The zero-order valence-corrected chi connectivity index (χ0v) is 12.7. The van der Waals surface area contributed by atoms with Crippen molar-refractivity contribution in [3.05, 3.63) is 34.7 Å². The Morgan fingerprint density at radius 1 is 1.45 bits per heavy atom. The third-order valence-electron chi connectivity index (χ3n) is 3.42. The third-order valence-corrected chi connectivity index (χ3v) is 3.81. The van der Waals surface area contributed by atoms with Gasteiger partial charge in [-0.05, 0) is 24.6 Å². The molecule has 0 aliphatic heterocycles. The summed E-state index contributed by atoms with van der Waals surface area (Å²) in [6.07, 6.45) is 1.18. The minimum Gasteiger partial charge on any atom is -0.481 e. The summed E-state index contributed by atoms with van der Waals surface area (Å²) in [5.41, 5.74) is 0.641. The van der Waals surface area contributed by atoms with E-state index in [-0.39, 0.29) is 17.3 Å². The Morgan fingerprint density at radius 3 is 2.82 bits per heavy atom. The van der Waals surface area contributed by atoms with E-state index in [4.69, 9.17) is 16.7 Å². The van der Waals surface area contributed by atoms with Gasteiger partial charge in [0.1, 0.15) is 11.5 Å². The van der Waals surface area contributed by atoms with Gasteiger partial charge in [-0.2, -0.15) is 0 Å². The van der Waals surface area contributed by atoms with Crippen LogP contribution in [0.2, 0.25) is 5.02 Å². The summed E-state index contributed by atoms with van der Waals surface area (Å²) in [5.74, 6) is -2.56. The number of rotatable bonds is 6. The van der Waals surface area contributed by atoms with Crippen LogP contribution in [0.4, 0.5) is 4.39 Å². The van der Waals surface area contributed by atoms with Crippen LogP contribution in [0.3, 0.4) is 0 Å². The first kappa shape index (κ1) is 16.3. The highest BCUT2D eigenvalue weighted by Crippen LogP contribution is 2.28. The number of carboxylic acid groups (broad SMARTS) is 1. The minimum atomic E-state index is -0.952. The first-order valence-corrected chi connectivity index (χ1v) is 7.29. The number of aromatic nitrogens is 1. The summed E-state index contributed by atoms with van der Waals surface area (Å²) in [4.78, 5) is 26.0. The van der Waals surface area contributed by atoms with Crippen molar-refractivity contribution in [1.29, 1.82) is 0 Å². The molecular formula is C15H16ClFN2O3. The van der Waals surface area contributed by atoms with Gasteiger partial charge in [-0.15, -0.1) is 0 Å². The van der Waals surface area contributed by atoms with Crippen molar-refractivity contribution in [3.8, 4) is 0 Å². The van der Waals surface area contributed by atoms with E-state index in [0.29, 0.717) is 23.7 Å². The topological polar surface area (TPSA) is 82.2 Å².